The third kappa shape index (κ3) is 6.13. The molecule has 0 aliphatic rings. The first kappa shape index (κ1) is 20.5. The zero-order valence-corrected chi connectivity index (χ0v) is 16.6. The van der Waals surface area contributed by atoms with E-state index < -0.39 is 0 Å². The summed E-state index contributed by atoms with van der Waals surface area (Å²) in [6.45, 7) is 11.1. The Kier molecular flexibility index (Phi) is 6.61. The molecule has 2 aromatic rings. The summed E-state index contributed by atoms with van der Waals surface area (Å²) in [7, 11) is 0. The summed E-state index contributed by atoms with van der Waals surface area (Å²) in [6.07, 6.45) is 0. The summed E-state index contributed by atoms with van der Waals surface area (Å²) in [4.78, 5) is 24.4. The smallest absolute Gasteiger partial charge is 0.269 e. The van der Waals surface area contributed by atoms with Crippen molar-refractivity contribution in [2.45, 2.75) is 40.0 Å². The molecule has 0 saturated carbocycles. The number of ether oxygens (including phenoxy) is 1. The molecule has 2 N–H and O–H groups in total. The molecule has 0 bridgehead atoms. The van der Waals surface area contributed by atoms with Gasteiger partial charge in [0.05, 0.1) is 6.61 Å². The molecule has 0 atom stereocenters. The lowest BCUT2D eigenvalue weighted by Gasteiger charge is -2.19. The van der Waals surface area contributed by atoms with Gasteiger partial charge >= 0.3 is 0 Å². The SMILES string of the molecule is CC(C)COc1ccc(C(=O)NNC(=O)c2ccc(C(C)(C)C)cc2)cc1. The molecule has 144 valence electrons. The van der Waals surface area contributed by atoms with Crippen molar-refractivity contribution in [1.29, 1.82) is 0 Å². The molecule has 2 amide bonds. The fourth-order valence-corrected chi connectivity index (χ4v) is 2.34. The van der Waals surface area contributed by atoms with Crippen molar-refractivity contribution >= 4 is 11.8 Å². The monoisotopic (exact) mass is 368 g/mol. The fraction of sp³-hybridized carbons (Fsp3) is 0.364. The van der Waals surface area contributed by atoms with Gasteiger partial charge in [0, 0.05) is 11.1 Å². The minimum absolute atomic E-state index is 0.0221. The van der Waals surface area contributed by atoms with Crippen LogP contribution in [0.2, 0.25) is 0 Å². The van der Waals surface area contributed by atoms with Crippen LogP contribution in [0.4, 0.5) is 0 Å². The van der Waals surface area contributed by atoms with E-state index in [1.807, 2.05) is 12.1 Å². The Morgan fingerprint density at radius 3 is 1.70 bits per heavy atom. The fourth-order valence-electron chi connectivity index (χ4n) is 2.34. The highest BCUT2D eigenvalue weighted by Crippen LogP contribution is 2.22. The summed E-state index contributed by atoms with van der Waals surface area (Å²) in [5.74, 6) is 0.398. The Morgan fingerprint density at radius 1 is 0.852 bits per heavy atom. The number of hydrogen-bond acceptors (Lipinski definition) is 3. The molecular formula is C22H28N2O3. The molecule has 0 unspecified atom stereocenters. The standard InChI is InChI=1S/C22H28N2O3/c1-15(2)14-27-19-12-8-17(9-13-19)21(26)24-23-20(25)16-6-10-18(11-7-16)22(3,4)5/h6-13,15H,14H2,1-5H3,(H,23,25)(H,24,26). The van der Waals surface area contributed by atoms with Gasteiger partial charge in [-0.05, 0) is 53.3 Å². The largest absolute Gasteiger partial charge is 0.493 e. The van der Waals surface area contributed by atoms with Gasteiger partial charge < -0.3 is 4.74 Å². The topological polar surface area (TPSA) is 67.4 Å². The van der Waals surface area contributed by atoms with Crippen molar-refractivity contribution in [3.8, 4) is 5.75 Å². The maximum Gasteiger partial charge on any atom is 0.269 e. The van der Waals surface area contributed by atoms with Gasteiger partial charge in [0.15, 0.2) is 0 Å². The van der Waals surface area contributed by atoms with Crippen molar-refractivity contribution in [2.24, 2.45) is 5.92 Å². The van der Waals surface area contributed by atoms with Crippen molar-refractivity contribution in [3.05, 3.63) is 65.2 Å². The van der Waals surface area contributed by atoms with Gasteiger partial charge in [-0.25, -0.2) is 0 Å². The predicted octanol–water partition coefficient (Wildman–Crippen LogP) is 4.09. The highest BCUT2D eigenvalue weighted by atomic mass is 16.5. The summed E-state index contributed by atoms with van der Waals surface area (Å²) in [6, 6.07) is 14.2. The van der Waals surface area contributed by atoms with Crippen LogP contribution in [0, 0.1) is 5.92 Å². The van der Waals surface area contributed by atoms with Crippen LogP contribution in [-0.2, 0) is 5.41 Å². The van der Waals surface area contributed by atoms with Gasteiger partial charge in [-0.2, -0.15) is 0 Å². The van der Waals surface area contributed by atoms with Crippen molar-refractivity contribution < 1.29 is 14.3 Å². The second-order valence-electron chi connectivity index (χ2n) is 7.96. The maximum absolute atomic E-state index is 12.2. The summed E-state index contributed by atoms with van der Waals surface area (Å²) in [5, 5.41) is 0. The van der Waals surface area contributed by atoms with Gasteiger partial charge in [-0.1, -0.05) is 46.8 Å². The minimum Gasteiger partial charge on any atom is -0.493 e. The Balaban J connectivity index is 1.90. The molecule has 0 aliphatic carbocycles. The molecule has 0 aromatic heterocycles. The maximum atomic E-state index is 12.2. The van der Waals surface area contributed by atoms with E-state index in [-0.39, 0.29) is 17.2 Å². The van der Waals surface area contributed by atoms with Crippen molar-refractivity contribution in [3.63, 3.8) is 0 Å². The molecule has 0 aliphatic heterocycles. The Bertz CT molecular complexity index is 773. The zero-order chi connectivity index (χ0) is 20.0. The zero-order valence-electron chi connectivity index (χ0n) is 16.6. The van der Waals surface area contributed by atoms with Crippen LogP contribution < -0.4 is 15.6 Å². The molecule has 27 heavy (non-hydrogen) atoms. The van der Waals surface area contributed by atoms with Crippen molar-refractivity contribution in [1.82, 2.24) is 10.9 Å². The molecule has 0 spiro atoms. The van der Waals surface area contributed by atoms with E-state index in [0.29, 0.717) is 29.4 Å². The highest BCUT2D eigenvalue weighted by molar-refractivity contribution is 5.99. The van der Waals surface area contributed by atoms with E-state index in [1.54, 1.807) is 36.4 Å². The quantitative estimate of drug-likeness (QED) is 0.781. The lowest BCUT2D eigenvalue weighted by atomic mass is 9.87. The highest BCUT2D eigenvalue weighted by Gasteiger charge is 2.15. The van der Waals surface area contributed by atoms with E-state index in [9.17, 15) is 9.59 Å². The average molecular weight is 368 g/mol. The van der Waals surface area contributed by atoms with E-state index in [0.717, 1.165) is 5.56 Å². The molecule has 2 rings (SSSR count). The Morgan fingerprint density at radius 2 is 1.30 bits per heavy atom. The number of carbonyl (C=O) groups excluding carboxylic acids is 2. The van der Waals surface area contributed by atoms with E-state index in [4.69, 9.17) is 4.74 Å². The molecule has 5 nitrogen and oxygen atoms in total. The summed E-state index contributed by atoms with van der Waals surface area (Å²) < 4.78 is 5.59. The van der Waals surface area contributed by atoms with E-state index in [2.05, 4.69) is 45.5 Å². The Hall–Kier alpha value is -2.82. The molecule has 2 aromatic carbocycles. The number of amides is 2. The Labute approximate surface area is 161 Å². The normalized spacial score (nSPS) is 11.2. The van der Waals surface area contributed by atoms with Crippen LogP contribution in [0.3, 0.4) is 0 Å². The van der Waals surface area contributed by atoms with E-state index in [1.165, 1.54) is 0 Å². The third-order valence-corrected chi connectivity index (χ3v) is 4.00. The lowest BCUT2D eigenvalue weighted by molar-refractivity contribution is 0.0846. The third-order valence-electron chi connectivity index (χ3n) is 4.00. The molecule has 0 saturated heterocycles. The minimum atomic E-state index is -0.384. The molecule has 0 fully saturated rings. The number of nitrogens with one attached hydrogen (secondary N) is 2. The van der Waals surface area contributed by atoms with Gasteiger partial charge in [0.2, 0.25) is 0 Å². The first-order chi connectivity index (χ1) is 12.7. The molecular weight excluding hydrogens is 340 g/mol. The summed E-state index contributed by atoms with van der Waals surface area (Å²) >= 11 is 0. The van der Waals surface area contributed by atoms with Crippen LogP contribution in [-0.4, -0.2) is 18.4 Å². The van der Waals surface area contributed by atoms with Crippen molar-refractivity contribution in [2.75, 3.05) is 6.61 Å². The second kappa shape index (κ2) is 8.71. The first-order valence-corrected chi connectivity index (χ1v) is 9.11. The van der Waals surface area contributed by atoms with E-state index >= 15 is 0 Å². The summed E-state index contributed by atoms with van der Waals surface area (Å²) in [5.41, 5.74) is 6.96. The van der Waals surface area contributed by atoms with Crippen LogP contribution >= 0.6 is 0 Å². The number of hydrazine groups is 1. The van der Waals surface area contributed by atoms with Gasteiger partial charge in [0.1, 0.15) is 5.75 Å². The van der Waals surface area contributed by atoms with Crippen LogP contribution in [0.5, 0.6) is 5.75 Å². The number of carbonyl (C=O) groups is 2. The first-order valence-electron chi connectivity index (χ1n) is 9.11. The van der Waals surface area contributed by atoms with Gasteiger partial charge in [0.25, 0.3) is 11.8 Å². The van der Waals surface area contributed by atoms with Crippen LogP contribution in [0.1, 0.15) is 60.9 Å². The molecule has 0 heterocycles. The number of benzene rings is 2. The second-order valence-corrected chi connectivity index (χ2v) is 7.96. The van der Waals surface area contributed by atoms with Crippen LogP contribution in [0.25, 0.3) is 0 Å². The predicted molar refractivity (Wildman–Crippen MR) is 107 cm³/mol. The lowest BCUT2D eigenvalue weighted by Crippen LogP contribution is -2.41. The molecule has 5 heteroatoms. The molecule has 0 radical (unpaired) electrons. The average Bonchev–Trinajstić information content (AvgIpc) is 2.64. The van der Waals surface area contributed by atoms with Gasteiger partial charge in [-0.3, -0.25) is 20.4 Å². The number of rotatable bonds is 5. The number of hydrogen-bond donors (Lipinski definition) is 2. The van der Waals surface area contributed by atoms with Crippen LogP contribution in [0.15, 0.2) is 48.5 Å². The van der Waals surface area contributed by atoms with Gasteiger partial charge in [-0.15, -0.1) is 0 Å².